The first-order valence-electron chi connectivity index (χ1n) is 15.8. The molecule has 6 rings (SSSR count). The Labute approximate surface area is 244 Å². The monoisotopic (exact) mass is 549 g/mol. The minimum Gasteiger partial charge on any atom is -0.478 e. The second-order valence-corrected chi connectivity index (χ2v) is 12.2. The van der Waals surface area contributed by atoms with E-state index in [0.717, 1.165) is 66.7 Å². The van der Waals surface area contributed by atoms with Gasteiger partial charge in [0.15, 0.2) is 0 Å². The van der Waals surface area contributed by atoms with Crippen LogP contribution in [0.3, 0.4) is 0 Å². The van der Waals surface area contributed by atoms with Gasteiger partial charge in [0.2, 0.25) is 0 Å². The normalized spacial score (nSPS) is 18.2. The zero-order valence-corrected chi connectivity index (χ0v) is 24.4. The number of carboxylic acid groups (broad SMARTS) is 1. The number of rotatable bonds is 9. The number of aromatic nitrogens is 2. The van der Waals surface area contributed by atoms with E-state index < -0.39 is 5.97 Å². The second kappa shape index (κ2) is 12.5. The highest BCUT2D eigenvalue weighted by Gasteiger charge is 2.28. The number of carboxylic acids is 1. The van der Waals surface area contributed by atoms with Crippen LogP contribution >= 0.6 is 0 Å². The molecule has 1 aliphatic carbocycles. The molecule has 3 aromatic carbocycles. The van der Waals surface area contributed by atoms with Crippen molar-refractivity contribution in [1.82, 2.24) is 9.55 Å². The van der Waals surface area contributed by atoms with Gasteiger partial charge in [-0.3, -0.25) is 0 Å². The molecular weight excluding hydrogens is 506 g/mol. The number of hydrogen-bond acceptors (Lipinski definition) is 3. The predicted octanol–water partition coefficient (Wildman–Crippen LogP) is 8.59. The van der Waals surface area contributed by atoms with Crippen LogP contribution in [0.15, 0.2) is 66.7 Å². The first-order valence-corrected chi connectivity index (χ1v) is 15.8. The van der Waals surface area contributed by atoms with Crippen molar-refractivity contribution in [3.8, 4) is 11.1 Å². The van der Waals surface area contributed by atoms with Crippen molar-refractivity contribution in [1.29, 1.82) is 0 Å². The van der Waals surface area contributed by atoms with E-state index in [1.54, 1.807) is 12.1 Å². The maximum atomic E-state index is 11.7. The fourth-order valence-corrected chi connectivity index (χ4v) is 7.19. The van der Waals surface area contributed by atoms with Crippen LogP contribution in [0.5, 0.6) is 0 Å². The van der Waals surface area contributed by atoms with Gasteiger partial charge in [-0.25, -0.2) is 9.78 Å². The van der Waals surface area contributed by atoms with Gasteiger partial charge in [-0.1, -0.05) is 87.9 Å². The minimum atomic E-state index is -0.898. The van der Waals surface area contributed by atoms with Crippen LogP contribution in [0.4, 0.5) is 5.69 Å². The zero-order valence-electron chi connectivity index (χ0n) is 24.4. The highest BCUT2D eigenvalue weighted by Crippen LogP contribution is 2.37. The van der Waals surface area contributed by atoms with Gasteiger partial charge in [-0.15, -0.1) is 0 Å². The van der Waals surface area contributed by atoms with Gasteiger partial charge < -0.3 is 14.6 Å². The van der Waals surface area contributed by atoms with E-state index in [4.69, 9.17) is 4.98 Å². The Morgan fingerprint density at radius 2 is 1.71 bits per heavy atom. The lowest BCUT2D eigenvalue weighted by Gasteiger charge is -2.39. The van der Waals surface area contributed by atoms with Crippen LogP contribution in [0.2, 0.25) is 0 Å². The Hall–Kier alpha value is -3.60. The third-order valence-electron chi connectivity index (χ3n) is 9.47. The number of nitrogens with zero attached hydrogens (tertiary/aromatic N) is 3. The molecule has 1 aliphatic heterocycles. The third-order valence-corrected chi connectivity index (χ3v) is 9.47. The van der Waals surface area contributed by atoms with Gasteiger partial charge in [-0.05, 0) is 72.1 Å². The molecule has 1 saturated carbocycles. The second-order valence-electron chi connectivity index (χ2n) is 12.2. The fraction of sp³-hybridized carbons (Fsp3) is 0.444. The lowest BCUT2D eigenvalue weighted by Crippen LogP contribution is -2.39. The summed E-state index contributed by atoms with van der Waals surface area (Å²) in [5.41, 5.74) is 6.83. The zero-order chi connectivity index (χ0) is 28.2. The van der Waals surface area contributed by atoms with E-state index in [-0.39, 0.29) is 0 Å². The van der Waals surface area contributed by atoms with Crippen molar-refractivity contribution in [3.63, 3.8) is 0 Å². The van der Waals surface area contributed by atoms with E-state index in [9.17, 15) is 9.90 Å². The summed E-state index contributed by atoms with van der Waals surface area (Å²) in [6.07, 6.45) is 13.0. The van der Waals surface area contributed by atoms with Crippen molar-refractivity contribution in [2.45, 2.75) is 77.7 Å². The average Bonchev–Trinajstić information content (AvgIpc) is 3.37. The molecule has 4 aromatic rings. The molecule has 2 heterocycles. The van der Waals surface area contributed by atoms with E-state index >= 15 is 0 Å². The molecule has 1 unspecified atom stereocenters. The molecule has 0 bridgehead atoms. The number of aromatic carboxylic acids is 1. The van der Waals surface area contributed by atoms with Crippen molar-refractivity contribution in [2.24, 2.45) is 11.8 Å². The summed E-state index contributed by atoms with van der Waals surface area (Å²) < 4.78 is 2.41. The number of unbranched alkanes of at least 4 members (excludes halogenated alkanes) is 1. The van der Waals surface area contributed by atoms with Gasteiger partial charge in [0.25, 0.3) is 0 Å². The molecule has 5 nitrogen and oxygen atoms in total. The van der Waals surface area contributed by atoms with E-state index in [2.05, 4.69) is 46.7 Å². The summed E-state index contributed by atoms with van der Waals surface area (Å²) in [5, 5.41) is 9.64. The van der Waals surface area contributed by atoms with Crippen LogP contribution in [0.25, 0.3) is 22.2 Å². The van der Waals surface area contributed by atoms with Crippen LogP contribution in [0, 0.1) is 11.8 Å². The molecule has 41 heavy (non-hydrogen) atoms. The average molecular weight is 550 g/mol. The smallest absolute Gasteiger partial charge is 0.336 e. The molecule has 0 amide bonds. The number of piperidine rings is 1. The molecule has 1 N–H and O–H groups in total. The number of imidazole rings is 1. The topological polar surface area (TPSA) is 58.4 Å². The first-order chi connectivity index (χ1) is 20.1. The van der Waals surface area contributed by atoms with Crippen molar-refractivity contribution < 1.29 is 9.90 Å². The van der Waals surface area contributed by atoms with Gasteiger partial charge in [0, 0.05) is 31.7 Å². The van der Waals surface area contributed by atoms with E-state index in [1.807, 2.05) is 24.3 Å². The number of hydrogen-bond donors (Lipinski definition) is 1. The third kappa shape index (κ3) is 6.05. The minimum absolute atomic E-state index is 0.332. The fourth-order valence-electron chi connectivity index (χ4n) is 7.19. The maximum Gasteiger partial charge on any atom is 0.336 e. The number of benzene rings is 3. The highest BCUT2D eigenvalue weighted by molar-refractivity contribution is 5.96. The van der Waals surface area contributed by atoms with E-state index in [0.29, 0.717) is 5.56 Å². The maximum absolute atomic E-state index is 11.7. The summed E-state index contributed by atoms with van der Waals surface area (Å²) >= 11 is 0. The SMILES string of the molecule is CCCCc1nc2ccc(N3CCCC(C4CCCCC4)C3)cc2n1Cc1ccc(-c2ccccc2C(=O)O)cc1. The van der Waals surface area contributed by atoms with Crippen LogP contribution in [-0.4, -0.2) is 33.7 Å². The summed E-state index contributed by atoms with van der Waals surface area (Å²) in [7, 11) is 0. The Morgan fingerprint density at radius 3 is 2.49 bits per heavy atom. The molecule has 2 aliphatic rings. The standard InChI is InChI=1S/C36H43N3O2/c1-2-3-15-35-37-33-21-20-30(38-22-9-12-29(25-38)27-10-5-4-6-11-27)23-34(33)39(35)24-26-16-18-28(19-17-26)31-13-7-8-14-32(31)36(40)41/h7-8,13-14,16-21,23,27,29H,2-6,9-12,15,22,24-25H2,1H3,(H,40,41). The molecular formula is C36H43N3O2. The molecule has 1 atom stereocenters. The molecule has 214 valence electrons. The molecule has 0 radical (unpaired) electrons. The summed E-state index contributed by atoms with van der Waals surface area (Å²) in [5.74, 6) is 1.99. The van der Waals surface area contributed by atoms with Crippen LogP contribution < -0.4 is 4.90 Å². The lowest BCUT2D eigenvalue weighted by atomic mass is 9.76. The van der Waals surface area contributed by atoms with Crippen molar-refractivity contribution in [2.75, 3.05) is 18.0 Å². The van der Waals surface area contributed by atoms with Gasteiger partial charge in [0.1, 0.15) is 5.82 Å². The highest BCUT2D eigenvalue weighted by atomic mass is 16.4. The Kier molecular flexibility index (Phi) is 8.41. The molecule has 1 saturated heterocycles. The number of aryl methyl sites for hydroxylation is 1. The Balaban J connectivity index is 1.28. The van der Waals surface area contributed by atoms with Gasteiger partial charge >= 0.3 is 5.97 Å². The largest absolute Gasteiger partial charge is 0.478 e. The van der Waals surface area contributed by atoms with Gasteiger partial charge in [0.05, 0.1) is 16.6 Å². The van der Waals surface area contributed by atoms with Crippen molar-refractivity contribution >= 4 is 22.7 Å². The Bertz CT molecular complexity index is 1480. The van der Waals surface area contributed by atoms with Crippen LogP contribution in [-0.2, 0) is 13.0 Å². The van der Waals surface area contributed by atoms with Crippen molar-refractivity contribution in [3.05, 3.63) is 83.7 Å². The van der Waals surface area contributed by atoms with Crippen LogP contribution in [0.1, 0.15) is 86.5 Å². The first kappa shape index (κ1) is 27.6. The van der Waals surface area contributed by atoms with Gasteiger partial charge in [-0.2, -0.15) is 0 Å². The molecule has 0 spiro atoms. The summed E-state index contributed by atoms with van der Waals surface area (Å²) in [4.78, 5) is 19.5. The van der Waals surface area contributed by atoms with E-state index in [1.165, 1.54) is 68.3 Å². The molecule has 1 aromatic heterocycles. The molecule has 5 heteroatoms. The summed E-state index contributed by atoms with van der Waals surface area (Å²) in [6, 6.07) is 22.5. The number of fused-ring (bicyclic) bond motifs is 1. The Morgan fingerprint density at radius 1 is 0.927 bits per heavy atom. The number of anilines is 1. The number of carbonyl (C=O) groups is 1. The predicted molar refractivity (Wildman–Crippen MR) is 168 cm³/mol. The quantitative estimate of drug-likeness (QED) is 0.227. The lowest BCUT2D eigenvalue weighted by molar-refractivity contribution is 0.0697. The summed E-state index contributed by atoms with van der Waals surface area (Å²) in [6.45, 7) is 5.32. The molecule has 2 fully saturated rings.